The summed E-state index contributed by atoms with van der Waals surface area (Å²) < 4.78 is 11.4. The lowest BCUT2D eigenvalue weighted by Crippen LogP contribution is -2.32. The van der Waals surface area contributed by atoms with Crippen LogP contribution in [0.15, 0.2) is 54.6 Å². The van der Waals surface area contributed by atoms with Gasteiger partial charge >= 0.3 is 11.9 Å². The van der Waals surface area contributed by atoms with E-state index in [9.17, 15) is 9.59 Å². The fourth-order valence-electron chi connectivity index (χ4n) is 4.56. The first kappa shape index (κ1) is 20.6. The maximum absolute atomic E-state index is 12.6. The lowest BCUT2D eigenvalue weighted by atomic mass is 9.86. The van der Waals surface area contributed by atoms with Gasteiger partial charge < -0.3 is 9.47 Å². The monoisotopic (exact) mass is 406 g/mol. The molecule has 4 nitrogen and oxygen atoms in total. The smallest absolute Gasteiger partial charge is 0.314 e. The topological polar surface area (TPSA) is 52.6 Å². The van der Waals surface area contributed by atoms with E-state index in [2.05, 4.69) is 12.1 Å². The van der Waals surface area contributed by atoms with Gasteiger partial charge in [-0.1, -0.05) is 61.7 Å². The van der Waals surface area contributed by atoms with Gasteiger partial charge in [-0.15, -0.1) is 0 Å². The molecule has 158 valence electrons. The predicted octanol–water partition coefficient (Wildman–Crippen LogP) is 5.94. The standard InChI is InChI=1S/C26H30O4/c27-25(21-9-5-2-6-10-21)29-24-17-13-22(14-18-24)26(28)30-23-15-11-20(12-16-23)19-7-3-1-4-8-19/h1,3-4,7-8,11-12,15-16,21-22,24H,2,5-6,9-10,13-14,17-18H2. The normalized spacial score (nSPS) is 22.3. The summed E-state index contributed by atoms with van der Waals surface area (Å²) >= 11 is 0. The quantitative estimate of drug-likeness (QED) is 0.455. The fraction of sp³-hybridized carbons (Fsp3) is 0.462. The van der Waals surface area contributed by atoms with Crippen molar-refractivity contribution in [2.24, 2.45) is 11.8 Å². The van der Waals surface area contributed by atoms with Crippen molar-refractivity contribution in [1.29, 1.82) is 0 Å². The third-order valence-corrected chi connectivity index (χ3v) is 6.41. The molecule has 0 atom stereocenters. The zero-order valence-electron chi connectivity index (χ0n) is 17.4. The number of esters is 2. The van der Waals surface area contributed by atoms with Crippen molar-refractivity contribution >= 4 is 11.9 Å². The van der Waals surface area contributed by atoms with E-state index in [1.165, 1.54) is 6.42 Å². The molecule has 2 saturated carbocycles. The Labute approximate surface area is 178 Å². The second kappa shape index (κ2) is 9.92. The van der Waals surface area contributed by atoms with Crippen molar-refractivity contribution in [3.8, 4) is 16.9 Å². The summed E-state index contributed by atoms with van der Waals surface area (Å²) in [5, 5.41) is 0. The van der Waals surface area contributed by atoms with Crippen LogP contribution in [0.5, 0.6) is 5.75 Å². The van der Waals surface area contributed by atoms with Gasteiger partial charge in [-0.05, 0) is 61.8 Å². The van der Waals surface area contributed by atoms with Gasteiger partial charge in [0.05, 0.1) is 11.8 Å². The van der Waals surface area contributed by atoms with Crippen LogP contribution < -0.4 is 4.74 Å². The average Bonchev–Trinajstić information content (AvgIpc) is 2.81. The van der Waals surface area contributed by atoms with Gasteiger partial charge in [-0.2, -0.15) is 0 Å². The Morgan fingerprint density at radius 1 is 0.633 bits per heavy atom. The Bertz CT molecular complexity index is 829. The van der Waals surface area contributed by atoms with E-state index >= 15 is 0 Å². The van der Waals surface area contributed by atoms with Crippen LogP contribution in [-0.4, -0.2) is 18.0 Å². The van der Waals surface area contributed by atoms with E-state index in [0.29, 0.717) is 18.6 Å². The molecule has 30 heavy (non-hydrogen) atoms. The average molecular weight is 407 g/mol. The minimum absolute atomic E-state index is 0.0285. The summed E-state index contributed by atoms with van der Waals surface area (Å²) in [4.78, 5) is 24.9. The van der Waals surface area contributed by atoms with E-state index in [1.54, 1.807) is 0 Å². The second-order valence-electron chi connectivity index (χ2n) is 8.56. The van der Waals surface area contributed by atoms with Crippen LogP contribution in [0.4, 0.5) is 0 Å². The molecule has 0 N–H and O–H groups in total. The molecule has 0 radical (unpaired) electrons. The van der Waals surface area contributed by atoms with Gasteiger partial charge in [0.15, 0.2) is 0 Å². The summed E-state index contributed by atoms with van der Waals surface area (Å²) in [5.41, 5.74) is 2.23. The zero-order chi connectivity index (χ0) is 20.8. The predicted molar refractivity (Wildman–Crippen MR) is 116 cm³/mol. The summed E-state index contributed by atoms with van der Waals surface area (Å²) in [6, 6.07) is 17.7. The Hall–Kier alpha value is -2.62. The summed E-state index contributed by atoms with van der Waals surface area (Å²) in [7, 11) is 0. The van der Waals surface area contributed by atoms with Gasteiger partial charge in [-0.25, -0.2) is 0 Å². The molecule has 0 unspecified atom stereocenters. The number of ether oxygens (including phenoxy) is 2. The molecular formula is C26H30O4. The van der Waals surface area contributed by atoms with Crippen LogP contribution in [0, 0.1) is 11.8 Å². The van der Waals surface area contributed by atoms with Crippen LogP contribution in [-0.2, 0) is 14.3 Å². The molecule has 2 aliphatic carbocycles. The molecule has 2 aromatic carbocycles. The number of carbonyl (C=O) groups excluding carboxylic acids is 2. The van der Waals surface area contributed by atoms with Crippen molar-refractivity contribution in [3.05, 3.63) is 54.6 Å². The van der Waals surface area contributed by atoms with Gasteiger partial charge in [0.1, 0.15) is 11.9 Å². The van der Waals surface area contributed by atoms with Crippen LogP contribution in [0.3, 0.4) is 0 Å². The van der Waals surface area contributed by atoms with Crippen LogP contribution in [0.1, 0.15) is 57.8 Å². The molecule has 0 aromatic heterocycles. The molecule has 4 heteroatoms. The van der Waals surface area contributed by atoms with E-state index in [1.807, 2.05) is 42.5 Å². The van der Waals surface area contributed by atoms with Crippen LogP contribution >= 0.6 is 0 Å². The SMILES string of the molecule is O=C(Oc1ccc(-c2ccccc2)cc1)C1CCC(OC(=O)C2CCCCC2)CC1. The van der Waals surface area contributed by atoms with Crippen molar-refractivity contribution in [2.75, 3.05) is 0 Å². The largest absolute Gasteiger partial charge is 0.462 e. The van der Waals surface area contributed by atoms with Crippen LogP contribution in [0.25, 0.3) is 11.1 Å². The van der Waals surface area contributed by atoms with Gasteiger partial charge in [0, 0.05) is 0 Å². The summed E-state index contributed by atoms with van der Waals surface area (Å²) in [6.07, 6.45) is 8.27. The molecule has 2 aromatic rings. The van der Waals surface area contributed by atoms with Gasteiger partial charge in [0.2, 0.25) is 0 Å². The van der Waals surface area contributed by atoms with Gasteiger partial charge in [-0.3, -0.25) is 9.59 Å². The number of rotatable bonds is 5. The fourth-order valence-corrected chi connectivity index (χ4v) is 4.56. The molecule has 0 amide bonds. The van der Waals surface area contributed by atoms with Crippen molar-refractivity contribution < 1.29 is 19.1 Å². The number of benzene rings is 2. The molecule has 2 aliphatic rings. The van der Waals surface area contributed by atoms with Crippen LogP contribution in [0.2, 0.25) is 0 Å². The van der Waals surface area contributed by atoms with Crippen molar-refractivity contribution in [3.63, 3.8) is 0 Å². The van der Waals surface area contributed by atoms with E-state index < -0.39 is 0 Å². The number of hydrogen-bond donors (Lipinski definition) is 0. The highest BCUT2D eigenvalue weighted by molar-refractivity contribution is 5.76. The Balaban J connectivity index is 1.24. The van der Waals surface area contributed by atoms with E-state index in [-0.39, 0.29) is 29.9 Å². The highest BCUT2D eigenvalue weighted by Crippen LogP contribution is 2.31. The molecule has 0 spiro atoms. The maximum atomic E-state index is 12.6. The van der Waals surface area contributed by atoms with Gasteiger partial charge in [0.25, 0.3) is 0 Å². The summed E-state index contributed by atoms with van der Waals surface area (Å²) in [5.74, 6) is 0.327. The third kappa shape index (κ3) is 5.29. The highest BCUT2D eigenvalue weighted by atomic mass is 16.5. The summed E-state index contributed by atoms with van der Waals surface area (Å²) in [6.45, 7) is 0. The molecular weight excluding hydrogens is 376 g/mol. The lowest BCUT2D eigenvalue weighted by molar-refractivity contribution is -0.157. The first-order valence-corrected chi connectivity index (χ1v) is 11.3. The molecule has 0 saturated heterocycles. The van der Waals surface area contributed by atoms with E-state index in [4.69, 9.17) is 9.47 Å². The third-order valence-electron chi connectivity index (χ3n) is 6.41. The van der Waals surface area contributed by atoms with E-state index in [0.717, 1.165) is 49.7 Å². The Kier molecular flexibility index (Phi) is 6.83. The number of hydrogen-bond acceptors (Lipinski definition) is 4. The number of carbonyl (C=O) groups is 2. The minimum atomic E-state index is -0.181. The second-order valence-corrected chi connectivity index (χ2v) is 8.56. The molecule has 4 rings (SSSR count). The van der Waals surface area contributed by atoms with Crippen molar-refractivity contribution in [1.82, 2.24) is 0 Å². The molecule has 0 heterocycles. The van der Waals surface area contributed by atoms with Crippen molar-refractivity contribution in [2.45, 2.75) is 63.9 Å². The lowest BCUT2D eigenvalue weighted by Gasteiger charge is -2.29. The Morgan fingerprint density at radius 3 is 1.90 bits per heavy atom. The molecule has 0 aliphatic heterocycles. The first-order chi connectivity index (χ1) is 14.7. The molecule has 0 bridgehead atoms. The Morgan fingerprint density at radius 2 is 1.23 bits per heavy atom. The molecule has 2 fully saturated rings. The first-order valence-electron chi connectivity index (χ1n) is 11.3. The minimum Gasteiger partial charge on any atom is -0.462 e. The highest BCUT2D eigenvalue weighted by Gasteiger charge is 2.31. The zero-order valence-corrected chi connectivity index (χ0v) is 17.4. The maximum Gasteiger partial charge on any atom is 0.314 e.